The second kappa shape index (κ2) is 11.4. The zero-order valence-electron chi connectivity index (χ0n) is 20.2. The van der Waals surface area contributed by atoms with Gasteiger partial charge in [0, 0.05) is 43.0 Å². The van der Waals surface area contributed by atoms with Gasteiger partial charge < -0.3 is 24.9 Å². The molecule has 4 heterocycles. The highest BCUT2D eigenvalue weighted by atomic mass is 35.5. The van der Waals surface area contributed by atoms with Crippen LogP contribution >= 0.6 is 22.9 Å². The van der Waals surface area contributed by atoms with E-state index in [0.717, 1.165) is 60.7 Å². The lowest BCUT2D eigenvalue weighted by Crippen LogP contribution is -2.44. The molecule has 1 fully saturated rings. The van der Waals surface area contributed by atoms with Gasteiger partial charge in [0.2, 0.25) is 5.95 Å². The maximum atomic E-state index is 12.6. The molecule has 10 heteroatoms. The van der Waals surface area contributed by atoms with Crippen molar-refractivity contribution in [3.63, 3.8) is 0 Å². The molecule has 0 radical (unpaired) electrons. The Labute approximate surface area is 219 Å². The summed E-state index contributed by atoms with van der Waals surface area (Å²) in [5, 5.41) is 7.76. The number of hydrogen-bond donors (Lipinski definition) is 2. The van der Waals surface area contributed by atoms with Gasteiger partial charge in [0.25, 0.3) is 5.91 Å². The number of hydrogen-bond acceptors (Lipinski definition) is 8. The molecule has 2 N–H and O–H groups in total. The zero-order valence-corrected chi connectivity index (χ0v) is 21.7. The van der Waals surface area contributed by atoms with E-state index in [1.54, 1.807) is 29.9 Å². The van der Waals surface area contributed by atoms with E-state index in [0.29, 0.717) is 34.5 Å². The number of carbonyl (C=O) groups is 1. The summed E-state index contributed by atoms with van der Waals surface area (Å²) in [6.45, 7) is 6.72. The van der Waals surface area contributed by atoms with E-state index in [4.69, 9.17) is 21.0 Å². The minimum Gasteiger partial charge on any atom is -0.467 e. The Morgan fingerprint density at radius 1 is 1.19 bits per heavy atom. The monoisotopic (exact) mass is 524 g/mol. The molecule has 188 valence electrons. The van der Waals surface area contributed by atoms with Crippen LogP contribution in [-0.4, -0.2) is 72.0 Å². The second-order valence-electron chi connectivity index (χ2n) is 8.94. The van der Waals surface area contributed by atoms with Crippen molar-refractivity contribution >= 4 is 44.9 Å². The van der Waals surface area contributed by atoms with Crippen LogP contribution in [0.1, 0.15) is 22.5 Å². The number of rotatable bonds is 9. The molecular formula is C26H29ClN6O2S. The van der Waals surface area contributed by atoms with Crippen molar-refractivity contribution in [1.82, 2.24) is 25.1 Å². The summed E-state index contributed by atoms with van der Waals surface area (Å²) in [6.07, 6.45) is 4.26. The maximum absolute atomic E-state index is 12.6. The van der Waals surface area contributed by atoms with Gasteiger partial charge in [0.1, 0.15) is 11.5 Å². The number of likely N-dealkylation sites (N-methyl/N-ethyl adjacent to an activating group) is 1. The van der Waals surface area contributed by atoms with Crippen LogP contribution in [0.15, 0.2) is 53.3 Å². The topological polar surface area (TPSA) is 86.5 Å². The summed E-state index contributed by atoms with van der Waals surface area (Å²) < 4.78 is 6.27. The molecular weight excluding hydrogens is 496 g/mol. The number of furan rings is 1. The molecule has 0 atom stereocenters. The number of aromatic nitrogens is 2. The van der Waals surface area contributed by atoms with Gasteiger partial charge >= 0.3 is 0 Å². The van der Waals surface area contributed by atoms with Gasteiger partial charge in [-0.05, 0) is 55.7 Å². The summed E-state index contributed by atoms with van der Waals surface area (Å²) in [7, 11) is 2.17. The third-order valence-corrected chi connectivity index (χ3v) is 7.67. The molecule has 1 aliphatic heterocycles. The first-order valence-electron chi connectivity index (χ1n) is 12.1. The number of anilines is 1. The highest BCUT2D eigenvalue weighted by molar-refractivity contribution is 7.22. The van der Waals surface area contributed by atoms with E-state index in [-0.39, 0.29) is 5.91 Å². The van der Waals surface area contributed by atoms with Gasteiger partial charge in [-0.3, -0.25) is 4.79 Å². The van der Waals surface area contributed by atoms with Gasteiger partial charge in [-0.25, -0.2) is 9.97 Å². The van der Waals surface area contributed by atoms with Crippen molar-refractivity contribution in [3.05, 3.63) is 65.2 Å². The normalized spacial score (nSPS) is 14.8. The molecule has 8 nitrogen and oxygen atoms in total. The number of carbonyl (C=O) groups excluding carboxylic acids is 1. The fourth-order valence-corrected chi connectivity index (χ4v) is 5.53. The van der Waals surface area contributed by atoms with Crippen molar-refractivity contribution in [3.8, 4) is 10.6 Å². The standard InChI is InChI=1S/C26H29ClN6O2S/c1-32-9-11-33(12-10-32)8-3-7-28-26-30-17-21(27)24(31-26)23-14-18-5-6-19(15-22(18)36-23)25(34)29-16-20-4-2-13-35-20/h2,4-6,13-15,17H,3,7-12,16H2,1H3,(H,29,34)(H,28,30,31). The Hall–Kier alpha value is -2.98. The number of benzene rings is 1. The summed E-state index contributed by atoms with van der Waals surface area (Å²) >= 11 is 8.03. The number of fused-ring (bicyclic) bond motifs is 1. The highest BCUT2D eigenvalue weighted by Gasteiger charge is 2.15. The predicted octanol–water partition coefficient (Wildman–Crippen LogP) is 4.58. The average molecular weight is 525 g/mol. The molecule has 0 unspecified atom stereocenters. The number of thiophene rings is 1. The number of amides is 1. The van der Waals surface area contributed by atoms with Crippen LogP contribution in [0.2, 0.25) is 5.02 Å². The lowest BCUT2D eigenvalue weighted by molar-refractivity contribution is 0.0948. The van der Waals surface area contributed by atoms with Crippen molar-refractivity contribution in [2.75, 3.05) is 51.6 Å². The fraction of sp³-hybridized carbons (Fsp3) is 0.346. The lowest BCUT2D eigenvalue weighted by atomic mass is 10.1. The van der Waals surface area contributed by atoms with Crippen LogP contribution < -0.4 is 10.6 Å². The quantitative estimate of drug-likeness (QED) is 0.310. The minimum absolute atomic E-state index is 0.147. The molecule has 1 aromatic carbocycles. The van der Waals surface area contributed by atoms with Crippen molar-refractivity contribution in [1.29, 1.82) is 0 Å². The van der Waals surface area contributed by atoms with Crippen LogP contribution in [0.4, 0.5) is 5.95 Å². The molecule has 36 heavy (non-hydrogen) atoms. The van der Waals surface area contributed by atoms with Gasteiger partial charge in [-0.15, -0.1) is 11.3 Å². The third-order valence-electron chi connectivity index (χ3n) is 6.29. The number of nitrogens with one attached hydrogen (secondary N) is 2. The Bertz CT molecular complexity index is 1320. The van der Waals surface area contributed by atoms with Crippen LogP contribution in [0.25, 0.3) is 20.7 Å². The van der Waals surface area contributed by atoms with E-state index in [2.05, 4.69) is 38.5 Å². The Kier molecular flexibility index (Phi) is 7.81. The van der Waals surface area contributed by atoms with E-state index >= 15 is 0 Å². The van der Waals surface area contributed by atoms with Crippen molar-refractivity contribution < 1.29 is 9.21 Å². The Morgan fingerprint density at radius 2 is 2.06 bits per heavy atom. The average Bonchev–Trinajstić information content (AvgIpc) is 3.56. The molecule has 3 aromatic heterocycles. The number of halogens is 1. The molecule has 1 aliphatic rings. The van der Waals surface area contributed by atoms with E-state index < -0.39 is 0 Å². The highest BCUT2D eigenvalue weighted by Crippen LogP contribution is 2.36. The molecule has 1 amide bonds. The second-order valence-corrected chi connectivity index (χ2v) is 10.4. The van der Waals surface area contributed by atoms with Gasteiger partial charge in [0.15, 0.2) is 0 Å². The van der Waals surface area contributed by atoms with Gasteiger partial charge in [-0.1, -0.05) is 17.7 Å². The fourth-order valence-electron chi connectivity index (χ4n) is 4.17. The molecule has 1 saturated heterocycles. The largest absolute Gasteiger partial charge is 0.467 e. The van der Waals surface area contributed by atoms with E-state index in [9.17, 15) is 4.79 Å². The predicted molar refractivity (Wildman–Crippen MR) is 145 cm³/mol. The summed E-state index contributed by atoms with van der Waals surface area (Å²) in [5.41, 5.74) is 1.29. The van der Waals surface area contributed by atoms with Crippen molar-refractivity contribution in [2.24, 2.45) is 0 Å². The molecule has 0 bridgehead atoms. The van der Waals surface area contributed by atoms with Crippen molar-refractivity contribution in [2.45, 2.75) is 13.0 Å². The first-order valence-corrected chi connectivity index (χ1v) is 13.3. The zero-order chi connectivity index (χ0) is 24.9. The molecule has 0 aliphatic carbocycles. The Morgan fingerprint density at radius 3 is 2.86 bits per heavy atom. The third kappa shape index (κ3) is 6.04. The van der Waals surface area contributed by atoms with E-state index in [1.807, 2.05) is 24.3 Å². The van der Waals surface area contributed by atoms with E-state index in [1.165, 1.54) is 0 Å². The first kappa shape index (κ1) is 24.7. The molecule has 4 aromatic rings. The number of nitrogens with zero attached hydrogens (tertiary/aromatic N) is 4. The van der Waals surface area contributed by atoms with Crippen LogP contribution in [0.3, 0.4) is 0 Å². The summed E-state index contributed by atoms with van der Waals surface area (Å²) in [6, 6.07) is 11.4. The molecule has 0 spiro atoms. The smallest absolute Gasteiger partial charge is 0.251 e. The number of piperazine rings is 1. The molecule has 0 saturated carbocycles. The van der Waals surface area contributed by atoms with Crippen LogP contribution in [-0.2, 0) is 6.54 Å². The first-order chi connectivity index (χ1) is 17.5. The van der Waals surface area contributed by atoms with Gasteiger partial charge in [0.05, 0.1) is 28.9 Å². The van der Waals surface area contributed by atoms with Gasteiger partial charge in [-0.2, -0.15) is 0 Å². The van der Waals surface area contributed by atoms with Crippen LogP contribution in [0.5, 0.6) is 0 Å². The SMILES string of the molecule is CN1CCN(CCCNc2ncc(Cl)c(-c3cc4ccc(C(=O)NCc5ccco5)cc4s3)n2)CC1. The summed E-state index contributed by atoms with van der Waals surface area (Å²) in [4.78, 5) is 27.5. The van der Waals surface area contributed by atoms with Crippen LogP contribution in [0, 0.1) is 0 Å². The maximum Gasteiger partial charge on any atom is 0.251 e. The lowest BCUT2D eigenvalue weighted by Gasteiger charge is -2.32. The Balaban J connectivity index is 1.22. The molecule has 5 rings (SSSR count). The minimum atomic E-state index is -0.147. The summed E-state index contributed by atoms with van der Waals surface area (Å²) in [5.74, 6) is 1.14.